The lowest BCUT2D eigenvalue weighted by molar-refractivity contribution is 0.0930. The summed E-state index contributed by atoms with van der Waals surface area (Å²) in [7, 11) is -3.70. The third kappa shape index (κ3) is 5.13. The van der Waals surface area contributed by atoms with Crippen molar-refractivity contribution in [1.29, 1.82) is 0 Å². The number of amides is 1. The molecule has 6 heteroatoms. The Balaban J connectivity index is 1.76. The standard InChI is InChI=1S/C22H28N2O3S/c1-17-20(22(25)23-18-11-6-3-2-4-7-12-18)15-10-16-21(17)24-28(26,27)19-13-8-5-9-14-19/h5,8-10,13-16,18,24H,2-4,6-7,11-12H2,1H3,(H,23,25). The van der Waals surface area contributed by atoms with E-state index in [0.29, 0.717) is 16.8 Å². The molecule has 1 fully saturated rings. The van der Waals surface area contributed by atoms with Crippen molar-refractivity contribution in [2.45, 2.75) is 62.8 Å². The summed E-state index contributed by atoms with van der Waals surface area (Å²) in [6.07, 6.45) is 8.02. The van der Waals surface area contributed by atoms with E-state index < -0.39 is 10.0 Å². The number of sulfonamides is 1. The molecule has 0 radical (unpaired) electrons. The minimum absolute atomic E-state index is 0.135. The molecule has 2 N–H and O–H groups in total. The van der Waals surface area contributed by atoms with Crippen LogP contribution in [0.3, 0.4) is 0 Å². The van der Waals surface area contributed by atoms with E-state index >= 15 is 0 Å². The van der Waals surface area contributed by atoms with E-state index in [1.54, 1.807) is 55.5 Å². The molecule has 0 aromatic heterocycles. The molecular weight excluding hydrogens is 372 g/mol. The first-order chi connectivity index (χ1) is 13.5. The Morgan fingerprint density at radius 1 is 0.893 bits per heavy atom. The van der Waals surface area contributed by atoms with E-state index in [1.807, 2.05) is 0 Å². The van der Waals surface area contributed by atoms with Crippen LogP contribution in [0.1, 0.15) is 60.9 Å². The highest BCUT2D eigenvalue weighted by Crippen LogP contribution is 2.23. The molecule has 5 nitrogen and oxygen atoms in total. The zero-order chi connectivity index (χ0) is 20.0. The van der Waals surface area contributed by atoms with Gasteiger partial charge in [-0.05, 0) is 49.6 Å². The largest absolute Gasteiger partial charge is 0.349 e. The van der Waals surface area contributed by atoms with Crippen molar-refractivity contribution in [3.63, 3.8) is 0 Å². The van der Waals surface area contributed by atoms with Gasteiger partial charge in [0, 0.05) is 11.6 Å². The second-order valence-electron chi connectivity index (χ2n) is 7.41. The van der Waals surface area contributed by atoms with Crippen molar-refractivity contribution in [1.82, 2.24) is 5.32 Å². The van der Waals surface area contributed by atoms with Gasteiger partial charge in [-0.15, -0.1) is 0 Å². The summed E-state index contributed by atoms with van der Waals surface area (Å²) in [5.74, 6) is -0.135. The molecule has 0 saturated heterocycles. The third-order valence-corrected chi connectivity index (χ3v) is 6.70. The molecule has 1 amide bonds. The van der Waals surface area contributed by atoms with Gasteiger partial charge in [-0.3, -0.25) is 9.52 Å². The van der Waals surface area contributed by atoms with Crippen LogP contribution < -0.4 is 10.0 Å². The summed E-state index contributed by atoms with van der Waals surface area (Å²) in [6, 6.07) is 13.5. The molecule has 2 aromatic rings. The van der Waals surface area contributed by atoms with Gasteiger partial charge in [-0.2, -0.15) is 0 Å². The van der Waals surface area contributed by atoms with E-state index in [-0.39, 0.29) is 16.8 Å². The summed E-state index contributed by atoms with van der Waals surface area (Å²) >= 11 is 0. The normalized spacial score (nSPS) is 16.0. The highest BCUT2D eigenvalue weighted by atomic mass is 32.2. The number of carbonyl (C=O) groups is 1. The van der Waals surface area contributed by atoms with Gasteiger partial charge in [0.1, 0.15) is 0 Å². The van der Waals surface area contributed by atoms with E-state index in [4.69, 9.17) is 0 Å². The van der Waals surface area contributed by atoms with E-state index in [2.05, 4.69) is 10.0 Å². The van der Waals surface area contributed by atoms with E-state index in [0.717, 1.165) is 25.7 Å². The fourth-order valence-corrected chi connectivity index (χ4v) is 4.80. The fourth-order valence-electron chi connectivity index (χ4n) is 3.66. The van der Waals surface area contributed by atoms with Gasteiger partial charge in [0.25, 0.3) is 15.9 Å². The van der Waals surface area contributed by atoms with Crippen molar-refractivity contribution < 1.29 is 13.2 Å². The molecule has 28 heavy (non-hydrogen) atoms. The fraction of sp³-hybridized carbons (Fsp3) is 0.409. The summed E-state index contributed by atoms with van der Waals surface area (Å²) in [4.78, 5) is 13.0. The van der Waals surface area contributed by atoms with Crippen molar-refractivity contribution in [3.05, 3.63) is 59.7 Å². The Morgan fingerprint density at radius 3 is 2.21 bits per heavy atom. The zero-order valence-electron chi connectivity index (χ0n) is 16.3. The maximum Gasteiger partial charge on any atom is 0.261 e. The molecule has 0 spiro atoms. The second-order valence-corrected chi connectivity index (χ2v) is 9.09. The molecule has 2 aromatic carbocycles. The Labute approximate surface area is 167 Å². The molecule has 0 atom stereocenters. The summed E-state index contributed by atoms with van der Waals surface area (Å²) in [5, 5.41) is 3.15. The number of anilines is 1. The topological polar surface area (TPSA) is 75.3 Å². The number of hydrogen-bond acceptors (Lipinski definition) is 3. The number of nitrogens with one attached hydrogen (secondary N) is 2. The monoisotopic (exact) mass is 400 g/mol. The number of rotatable bonds is 5. The molecule has 150 valence electrons. The molecule has 0 unspecified atom stereocenters. The molecule has 0 heterocycles. The maximum atomic E-state index is 12.8. The van der Waals surface area contributed by atoms with Gasteiger partial charge in [-0.25, -0.2) is 8.42 Å². The first-order valence-corrected chi connectivity index (χ1v) is 11.4. The zero-order valence-corrected chi connectivity index (χ0v) is 17.1. The second kappa shape index (κ2) is 9.24. The van der Waals surface area contributed by atoms with Gasteiger partial charge in [0.05, 0.1) is 10.6 Å². The van der Waals surface area contributed by atoms with Crippen LogP contribution in [0.25, 0.3) is 0 Å². The molecule has 1 aliphatic rings. The van der Waals surface area contributed by atoms with Crippen LogP contribution in [0.5, 0.6) is 0 Å². The Hall–Kier alpha value is -2.34. The van der Waals surface area contributed by atoms with Gasteiger partial charge in [0.15, 0.2) is 0 Å². The van der Waals surface area contributed by atoms with Crippen LogP contribution in [0.4, 0.5) is 5.69 Å². The molecule has 3 rings (SSSR count). The molecule has 0 aliphatic heterocycles. The number of carbonyl (C=O) groups excluding carboxylic acids is 1. The van der Waals surface area contributed by atoms with Crippen molar-refractivity contribution in [2.75, 3.05) is 4.72 Å². The molecule has 1 aliphatic carbocycles. The van der Waals surface area contributed by atoms with Crippen LogP contribution in [0.2, 0.25) is 0 Å². The summed E-state index contributed by atoms with van der Waals surface area (Å²) in [5.41, 5.74) is 1.56. The predicted molar refractivity (Wildman–Crippen MR) is 112 cm³/mol. The molecule has 1 saturated carbocycles. The van der Waals surface area contributed by atoms with E-state index in [1.165, 1.54) is 19.3 Å². The number of benzene rings is 2. The molecule has 0 bridgehead atoms. The average Bonchev–Trinajstić information content (AvgIpc) is 2.66. The first-order valence-electron chi connectivity index (χ1n) is 9.96. The summed E-state index contributed by atoms with van der Waals surface area (Å²) in [6.45, 7) is 1.77. The van der Waals surface area contributed by atoms with Crippen LogP contribution in [0, 0.1) is 6.92 Å². The van der Waals surface area contributed by atoms with Crippen molar-refractivity contribution in [2.24, 2.45) is 0 Å². The lowest BCUT2D eigenvalue weighted by Crippen LogP contribution is -2.35. The van der Waals surface area contributed by atoms with Crippen molar-refractivity contribution >= 4 is 21.6 Å². The highest BCUT2D eigenvalue weighted by Gasteiger charge is 2.20. The third-order valence-electron chi connectivity index (χ3n) is 5.32. The Bertz CT molecular complexity index is 903. The lowest BCUT2D eigenvalue weighted by Gasteiger charge is -2.22. The van der Waals surface area contributed by atoms with Gasteiger partial charge in [0.2, 0.25) is 0 Å². The molecular formula is C22H28N2O3S. The van der Waals surface area contributed by atoms with Gasteiger partial charge >= 0.3 is 0 Å². The van der Waals surface area contributed by atoms with Crippen LogP contribution in [0.15, 0.2) is 53.4 Å². The quantitative estimate of drug-likeness (QED) is 0.768. The SMILES string of the molecule is Cc1c(NS(=O)(=O)c2ccccc2)cccc1C(=O)NC1CCCCCCC1. The maximum absolute atomic E-state index is 12.8. The smallest absolute Gasteiger partial charge is 0.261 e. The van der Waals surface area contributed by atoms with Crippen LogP contribution in [-0.4, -0.2) is 20.4 Å². The van der Waals surface area contributed by atoms with E-state index in [9.17, 15) is 13.2 Å². The van der Waals surface area contributed by atoms with Crippen LogP contribution >= 0.6 is 0 Å². The number of hydrogen-bond donors (Lipinski definition) is 2. The summed E-state index contributed by atoms with van der Waals surface area (Å²) < 4.78 is 27.8. The van der Waals surface area contributed by atoms with Gasteiger partial charge in [-0.1, -0.05) is 56.4 Å². The Morgan fingerprint density at radius 2 is 1.54 bits per heavy atom. The minimum Gasteiger partial charge on any atom is -0.349 e. The lowest BCUT2D eigenvalue weighted by atomic mass is 9.96. The Kier molecular flexibility index (Phi) is 6.73. The van der Waals surface area contributed by atoms with Gasteiger partial charge < -0.3 is 5.32 Å². The van der Waals surface area contributed by atoms with Crippen LogP contribution in [-0.2, 0) is 10.0 Å². The van der Waals surface area contributed by atoms with Crippen molar-refractivity contribution in [3.8, 4) is 0 Å². The average molecular weight is 401 g/mol. The predicted octanol–water partition coefficient (Wildman–Crippen LogP) is 4.64. The highest BCUT2D eigenvalue weighted by molar-refractivity contribution is 7.92. The first kappa shape index (κ1) is 20.4. The minimum atomic E-state index is -3.70.